The summed E-state index contributed by atoms with van der Waals surface area (Å²) in [4.78, 5) is 38.8. The summed E-state index contributed by atoms with van der Waals surface area (Å²) in [6.45, 7) is 13.1. The van der Waals surface area contributed by atoms with Gasteiger partial charge < -0.3 is 14.9 Å². The molecule has 0 saturated carbocycles. The summed E-state index contributed by atoms with van der Waals surface area (Å²) in [6.07, 6.45) is 6.17. The zero-order valence-corrected chi connectivity index (χ0v) is 26.6. The molecule has 0 atom stereocenters. The number of hydrogen-bond acceptors (Lipinski definition) is 5. The van der Waals surface area contributed by atoms with Gasteiger partial charge in [0, 0.05) is 32.4 Å². The number of benzene rings is 2. The van der Waals surface area contributed by atoms with E-state index < -0.39 is 5.97 Å². The van der Waals surface area contributed by atoms with Crippen molar-refractivity contribution in [3.05, 3.63) is 88.7 Å². The quantitative estimate of drug-likeness (QED) is 0.258. The Hall–Kier alpha value is -3.74. The van der Waals surface area contributed by atoms with Crippen LogP contribution in [0.4, 0.5) is 5.95 Å². The highest BCUT2D eigenvalue weighted by Crippen LogP contribution is 2.26. The van der Waals surface area contributed by atoms with E-state index in [2.05, 4.69) is 80.3 Å². The molecule has 3 aromatic rings. The molecule has 0 radical (unpaired) electrons. The van der Waals surface area contributed by atoms with Crippen LogP contribution in [0.2, 0.25) is 0 Å². The number of amides is 1. The maximum absolute atomic E-state index is 13.8. The maximum atomic E-state index is 13.8. The molecular formula is C36H48N4O3. The van der Waals surface area contributed by atoms with Gasteiger partial charge in [0.25, 0.3) is 5.91 Å². The van der Waals surface area contributed by atoms with Gasteiger partial charge in [-0.2, -0.15) is 0 Å². The molecule has 230 valence electrons. The average molecular weight is 585 g/mol. The van der Waals surface area contributed by atoms with Gasteiger partial charge in [-0.3, -0.25) is 9.59 Å². The molecule has 2 heterocycles. The number of rotatable bonds is 12. The van der Waals surface area contributed by atoms with Gasteiger partial charge in [-0.15, -0.1) is 0 Å². The second-order valence-electron chi connectivity index (χ2n) is 13.4. The third-order valence-electron chi connectivity index (χ3n) is 8.29. The minimum Gasteiger partial charge on any atom is -0.481 e. The first kappa shape index (κ1) is 32.2. The molecule has 1 amide bonds. The van der Waals surface area contributed by atoms with Crippen molar-refractivity contribution in [3.63, 3.8) is 0 Å². The van der Waals surface area contributed by atoms with Crippen molar-refractivity contribution in [2.45, 2.75) is 78.6 Å². The van der Waals surface area contributed by atoms with Gasteiger partial charge in [-0.1, -0.05) is 89.2 Å². The van der Waals surface area contributed by atoms with E-state index in [1.54, 1.807) is 11.1 Å². The minimum absolute atomic E-state index is 0.0873. The summed E-state index contributed by atoms with van der Waals surface area (Å²) in [6, 6.07) is 19.4. The molecule has 1 fully saturated rings. The molecule has 1 saturated heterocycles. The van der Waals surface area contributed by atoms with Crippen LogP contribution in [0.1, 0.15) is 86.6 Å². The van der Waals surface area contributed by atoms with Crippen LogP contribution in [0, 0.1) is 11.8 Å². The second kappa shape index (κ2) is 14.6. The molecule has 0 bridgehead atoms. The van der Waals surface area contributed by atoms with Crippen molar-refractivity contribution >= 4 is 17.8 Å². The molecule has 1 aliphatic heterocycles. The maximum Gasteiger partial charge on any atom is 0.305 e. The van der Waals surface area contributed by atoms with Crippen LogP contribution in [0.3, 0.4) is 0 Å². The molecule has 2 aromatic carbocycles. The van der Waals surface area contributed by atoms with Gasteiger partial charge in [-0.05, 0) is 66.0 Å². The highest BCUT2D eigenvalue weighted by molar-refractivity contribution is 5.95. The highest BCUT2D eigenvalue weighted by atomic mass is 16.4. The topological polar surface area (TPSA) is 86.6 Å². The third kappa shape index (κ3) is 9.37. The lowest BCUT2D eigenvalue weighted by molar-refractivity contribution is -0.137. The van der Waals surface area contributed by atoms with Crippen LogP contribution in [0.15, 0.2) is 60.8 Å². The Morgan fingerprint density at radius 3 is 2.26 bits per heavy atom. The molecule has 1 N–H and O–H groups in total. The Balaban J connectivity index is 1.54. The first-order valence-electron chi connectivity index (χ1n) is 15.7. The van der Waals surface area contributed by atoms with E-state index in [1.165, 1.54) is 16.7 Å². The predicted octanol–water partition coefficient (Wildman–Crippen LogP) is 6.59. The zero-order chi connectivity index (χ0) is 31.0. The lowest BCUT2D eigenvalue weighted by atomic mass is 9.86. The molecule has 7 heteroatoms. The third-order valence-corrected chi connectivity index (χ3v) is 8.29. The van der Waals surface area contributed by atoms with Crippen molar-refractivity contribution in [1.82, 2.24) is 14.9 Å². The number of carbonyl (C=O) groups excluding carboxylic acids is 1. The van der Waals surface area contributed by atoms with E-state index in [9.17, 15) is 14.7 Å². The van der Waals surface area contributed by atoms with Crippen LogP contribution < -0.4 is 4.90 Å². The van der Waals surface area contributed by atoms with Gasteiger partial charge in [0.15, 0.2) is 0 Å². The van der Waals surface area contributed by atoms with E-state index in [0.717, 1.165) is 44.5 Å². The van der Waals surface area contributed by atoms with E-state index in [0.29, 0.717) is 30.4 Å². The monoisotopic (exact) mass is 584 g/mol. The number of hydrogen-bond donors (Lipinski definition) is 1. The fourth-order valence-electron chi connectivity index (χ4n) is 5.76. The van der Waals surface area contributed by atoms with Crippen molar-refractivity contribution in [3.8, 4) is 0 Å². The fraction of sp³-hybridized carbons (Fsp3) is 0.500. The molecule has 0 unspecified atom stereocenters. The number of aliphatic carboxylic acids is 1. The first-order chi connectivity index (χ1) is 20.5. The Labute approximate surface area is 257 Å². The molecule has 4 rings (SSSR count). The molecule has 7 nitrogen and oxygen atoms in total. The lowest BCUT2D eigenvalue weighted by Gasteiger charge is -2.32. The van der Waals surface area contributed by atoms with Crippen molar-refractivity contribution < 1.29 is 14.7 Å². The van der Waals surface area contributed by atoms with Crippen molar-refractivity contribution in [1.29, 1.82) is 0 Å². The number of carboxylic acid groups (broad SMARTS) is 1. The molecule has 0 aliphatic carbocycles. The smallest absolute Gasteiger partial charge is 0.305 e. The Morgan fingerprint density at radius 2 is 1.65 bits per heavy atom. The minimum atomic E-state index is -0.914. The van der Waals surface area contributed by atoms with Gasteiger partial charge in [0.2, 0.25) is 5.95 Å². The Morgan fingerprint density at radius 1 is 0.977 bits per heavy atom. The molecule has 1 aromatic heterocycles. The van der Waals surface area contributed by atoms with Gasteiger partial charge >= 0.3 is 5.97 Å². The molecule has 43 heavy (non-hydrogen) atoms. The summed E-state index contributed by atoms with van der Waals surface area (Å²) < 4.78 is 0. The standard InChI is InChI=1S/C36H48N4O3/c1-26(2)25-40(22-19-33(41)42)34(43)31-24-37-35(39-20-17-29(18-21-39)23-28-9-7-6-8-10-28)38-32(31)16-13-27-11-14-30(15-12-27)36(3,4)5/h6-12,14-15,24,26,29H,13,16-23,25H2,1-5H3,(H,41,42). The Kier molecular flexibility index (Phi) is 10.9. The summed E-state index contributed by atoms with van der Waals surface area (Å²) in [5, 5.41) is 9.30. The fourth-order valence-corrected chi connectivity index (χ4v) is 5.76. The van der Waals surface area contributed by atoms with Gasteiger partial charge in [0.1, 0.15) is 0 Å². The largest absolute Gasteiger partial charge is 0.481 e. The number of carboxylic acids is 1. The van der Waals surface area contributed by atoms with Crippen molar-refractivity contribution in [2.75, 3.05) is 31.1 Å². The van der Waals surface area contributed by atoms with Crippen LogP contribution in [0.25, 0.3) is 0 Å². The number of carbonyl (C=O) groups is 2. The second-order valence-corrected chi connectivity index (χ2v) is 13.4. The van der Waals surface area contributed by atoms with E-state index >= 15 is 0 Å². The number of aryl methyl sites for hydroxylation is 2. The van der Waals surface area contributed by atoms with E-state index in [1.807, 2.05) is 13.8 Å². The normalized spacial score (nSPS) is 14.2. The average Bonchev–Trinajstić information content (AvgIpc) is 2.98. The molecule has 0 spiro atoms. The first-order valence-corrected chi connectivity index (χ1v) is 15.7. The number of piperidine rings is 1. The van der Waals surface area contributed by atoms with E-state index in [-0.39, 0.29) is 30.2 Å². The summed E-state index contributed by atoms with van der Waals surface area (Å²) in [7, 11) is 0. The number of aromatic nitrogens is 2. The van der Waals surface area contributed by atoms with Gasteiger partial charge in [0.05, 0.1) is 17.7 Å². The van der Waals surface area contributed by atoms with Crippen LogP contribution >= 0.6 is 0 Å². The summed E-state index contributed by atoms with van der Waals surface area (Å²) >= 11 is 0. The lowest BCUT2D eigenvalue weighted by Crippen LogP contribution is -2.38. The van der Waals surface area contributed by atoms with Crippen molar-refractivity contribution in [2.24, 2.45) is 11.8 Å². The summed E-state index contributed by atoms with van der Waals surface area (Å²) in [5.41, 5.74) is 5.15. The van der Waals surface area contributed by atoms with Gasteiger partial charge in [-0.25, -0.2) is 9.97 Å². The van der Waals surface area contributed by atoms with E-state index in [4.69, 9.17) is 9.97 Å². The van der Waals surface area contributed by atoms with Crippen LogP contribution in [0.5, 0.6) is 0 Å². The number of nitrogens with zero attached hydrogens (tertiary/aromatic N) is 4. The molecule has 1 aliphatic rings. The number of anilines is 1. The zero-order valence-electron chi connectivity index (χ0n) is 26.6. The SMILES string of the molecule is CC(C)CN(CCC(=O)O)C(=O)c1cnc(N2CCC(Cc3ccccc3)CC2)nc1CCc1ccc(C(C)(C)C)cc1. The Bertz CT molecular complexity index is 1340. The van der Waals surface area contributed by atoms with Crippen LogP contribution in [-0.2, 0) is 29.5 Å². The highest BCUT2D eigenvalue weighted by Gasteiger charge is 2.26. The summed E-state index contributed by atoms with van der Waals surface area (Å²) in [5.74, 6) is 0.409. The molecular weight excluding hydrogens is 536 g/mol. The van der Waals surface area contributed by atoms with Crippen LogP contribution in [-0.4, -0.2) is 58.0 Å². The predicted molar refractivity (Wildman–Crippen MR) is 173 cm³/mol.